The second-order valence-electron chi connectivity index (χ2n) is 7.68. The summed E-state index contributed by atoms with van der Waals surface area (Å²) in [4.78, 5) is 26.1. The van der Waals surface area contributed by atoms with Crippen LogP contribution in [0.2, 0.25) is 0 Å². The summed E-state index contributed by atoms with van der Waals surface area (Å²) >= 11 is 0. The number of aliphatic carboxylic acids is 1. The first-order chi connectivity index (χ1) is 12.8. The van der Waals surface area contributed by atoms with E-state index >= 15 is 0 Å². The number of rotatable bonds is 3. The van der Waals surface area contributed by atoms with Crippen LogP contribution < -0.4 is 0 Å². The minimum Gasteiger partial charge on any atom is -0.481 e. The number of carbonyl (C=O) groups excluding carboxylic acids is 1. The summed E-state index contributed by atoms with van der Waals surface area (Å²) in [5.41, 5.74) is 2.53. The molecule has 1 aromatic heterocycles. The quantitative estimate of drug-likeness (QED) is 0.900. The number of likely N-dealkylation sites (tertiary alicyclic amines) is 1. The predicted octanol–water partition coefficient (Wildman–Crippen LogP) is 2.96. The Bertz CT molecular complexity index is 911. The molecule has 1 aliphatic carbocycles. The van der Waals surface area contributed by atoms with Crippen LogP contribution in [-0.2, 0) is 4.79 Å². The fraction of sp³-hybridized carbons (Fsp3) is 0.450. The maximum absolute atomic E-state index is 13.2. The third kappa shape index (κ3) is 2.91. The van der Waals surface area contributed by atoms with E-state index in [4.69, 9.17) is 0 Å². The van der Waals surface area contributed by atoms with Crippen molar-refractivity contribution in [2.24, 2.45) is 11.3 Å². The Labute approximate surface area is 156 Å². The van der Waals surface area contributed by atoms with Crippen LogP contribution in [0.4, 0.5) is 4.39 Å². The van der Waals surface area contributed by atoms with E-state index in [9.17, 15) is 19.1 Å². The van der Waals surface area contributed by atoms with E-state index in [1.165, 1.54) is 12.1 Å². The number of amides is 1. The third-order valence-corrected chi connectivity index (χ3v) is 6.11. The largest absolute Gasteiger partial charge is 0.481 e. The van der Waals surface area contributed by atoms with Gasteiger partial charge in [-0.1, -0.05) is 0 Å². The van der Waals surface area contributed by atoms with Gasteiger partial charge in [-0.3, -0.25) is 9.59 Å². The van der Waals surface area contributed by atoms with Crippen LogP contribution in [0.25, 0.3) is 5.69 Å². The molecule has 1 N–H and O–H groups in total. The molecule has 7 heteroatoms. The van der Waals surface area contributed by atoms with Gasteiger partial charge < -0.3 is 10.0 Å². The van der Waals surface area contributed by atoms with E-state index in [1.807, 2.05) is 6.92 Å². The number of carboxylic acid groups (broad SMARTS) is 1. The number of piperidine rings is 1. The molecule has 0 radical (unpaired) electrons. The van der Waals surface area contributed by atoms with Gasteiger partial charge in [-0.2, -0.15) is 5.10 Å². The van der Waals surface area contributed by atoms with E-state index in [-0.39, 0.29) is 23.1 Å². The van der Waals surface area contributed by atoms with Crippen molar-refractivity contribution in [3.63, 3.8) is 0 Å². The molecule has 1 spiro atoms. The van der Waals surface area contributed by atoms with E-state index in [0.717, 1.165) is 25.0 Å². The number of nitrogens with zero attached hydrogens (tertiary/aromatic N) is 3. The zero-order valence-corrected chi connectivity index (χ0v) is 15.4. The molecule has 1 saturated carbocycles. The summed E-state index contributed by atoms with van der Waals surface area (Å²) in [5, 5.41) is 13.7. The van der Waals surface area contributed by atoms with Crippen LogP contribution in [0.1, 0.15) is 41.0 Å². The molecule has 142 valence electrons. The topological polar surface area (TPSA) is 75.4 Å². The predicted molar refractivity (Wildman–Crippen MR) is 96.3 cm³/mol. The molecule has 1 amide bonds. The summed E-state index contributed by atoms with van der Waals surface area (Å²) in [6.45, 7) is 4.78. The van der Waals surface area contributed by atoms with Gasteiger partial charge in [-0.15, -0.1) is 0 Å². The Hall–Kier alpha value is -2.70. The zero-order chi connectivity index (χ0) is 19.3. The Morgan fingerprint density at radius 1 is 1.19 bits per heavy atom. The van der Waals surface area contributed by atoms with E-state index < -0.39 is 5.97 Å². The van der Waals surface area contributed by atoms with Gasteiger partial charge in [0, 0.05) is 13.1 Å². The van der Waals surface area contributed by atoms with Crippen molar-refractivity contribution in [1.29, 1.82) is 0 Å². The number of hydrogen-bond acceptors (Lipinski definition) is 3. The van der Waals surface area contributed by atoms with Crippen LogP contribution in [0, 0.1) is 31.0 Å². The molecular formula is C20H22FN3O3. The summed E-state index contributed by atoms with van der Waals surface area (Å²) < 4.78 is 14.8. The highest BCUT2D eigenvalue weighted by molar-refractivity contribution is 5.96. The Balaban J connectivity index is 1.53. The van der Waals surface area contributed by atoms with Crippen molar-refractivity contribution in [2.75, 3.05) is 13.1 Å². The first-order valence-corrected chi connectivity index (χ1v) is 9.17. The normalized spacial score (nSPS) is 20.7. The van der Waals surface area contributed by atoms with Crippen molar-refractivity contribution in [3.05, 3.63) is 47.0 Å². The first-order valence-electron chi connectivity index (χ1n) is 9.17. The van der Waals surface area contributed by atoms with Gasteiger partial charge in [0.1, 0.15) is 5.82 Å². The highest BCUT2D eigenvalue weighted by atomic mass is 19.1. The number of aryl methyl sites for hydroxylation is 1. The summed E-state index contributed by atoms with van der Waals surface area (Å²) in [6.07, 6.45) is 2.20. The third-order valence-electron chi connectivity index (χ3n) is 6.11. The molecule has 1 aliphatic heterocycles. The molecule has 4 rings (SSSR count). The highest BCUT2D eigenvalue weighted by Crippen LogP contribution is 2.59. The van der Waals surface area contributed by atoms with Crippen LogP contribution in [-0.4, -0.2) is 44.8 Å². The average molecular weight is 371 g/mol. The molecule has 6 nitrogen and oxygen atoms in total. The molecule has 0 bridgehead atoms. The van der Waals surface area contributed by atoms with Crippen molar-refractivity contribution in [1.82, 2.24) is 14.7 Å². The summed E-state index contributed by atoms with van der Waals surface area (Å²) in [5.74, 6) is -1.36. The molecule has 2 fully saturated rings. The summed E-state index contributed by atoms with van der Waals surface area (Å²) in [6, 6.07) is 6.00. The van der Waals surface area contributed by atoms with Crippen LogP contribution in [0.15, 0.2) is 24.3 Å². The highest BCUT2D eigenvalue weighted by Gasteiger charge is 2.59. The molecule has 1 atom stereocenters. The van der Waals surface area contributed by atoms with Gasteiger partial charge in [0.15, 0.2) is 0 Å². The van der Waals surface area contributed by atoms with E-state index in [2.05, 4.69) is 5.10 Å². The van der Waals surface area contributed by atoms with Crippen LogP contribution in [0.3, 0.4) is 0 Å². The summed E-state index contributed by atoms with van der Waals surface area (Å²) in [7, 11) is 0. The lowest BCUT2D eigenvalue weighted by molar-refractivity contribution is -0.139. The van der Waals surface area contributed by atoms with Crippen molar-refractivity contribution < 1.29 is 19.1 Å². The van der Waals surface area contributed by atoms with Gasteiger partial charge in [0.25, 0.3) is 5.91 Å². The zero-order valence-electron chi connectivity index (χ0n) is 15.4. The average Bonchev–Trinajstić information content (AvgIpc) is 3.26. The van der Waals surface area contributed by atoms with Crippen molar-refractivity contribution in [3.8, 4) is 5.69 Å². The molecular weight excluding hydrogens is 349 g/mol. The van der Waals surface area contributed by atoms with Crippen LogP contribution in [0.5, 0.6) is 0 Å². The SMILES string of the molecule is Cc1nn(-c2ccc(F)cc2)c(C)c1C(=O)N1CCC2(CC1)CC2C(=O)O. The van der Waals surface area contributed by atoms with E-state index in [0.29, 0.717) is 30.0 Å². The number of hydrogen-bond donors (Lipinski definition) is 1. The number of carboxylic acids is 1. The molecule has 2 aliphatic rings. The van der Waals surface area contributed by atoms with Gasteiger partial charge >= 0.3 is 5.97 Å². The Kier molecular flexibility index (Phi) is 4.05. The van der Waals surface area contributed by atoms with Crippen molar-refractivity contribution in [2.45, 2.75) is 33.1 Å². The van der Waals surface area contributed by atoms with Crippen LogP contribution >= 0.6 is 0 Å². The van der Waals surface area contributed by atoms with Gasteiger partial charge in [0.05, 0.1) is 28.6 Å². The Morgan fingerprint density at radius 3 is 2.37 bits per heavy atom. The maximum atomic E-state index is 13.2. The van der Waals surface area contributed by atoms with Crippen molar-refractivity contribution >= 4 is 11.9 Å². The monoisotopic (exact) mass is 371 g/mol. The standard InChI is InChI=1S/C20H22FN3O3/c1-12-17(13(2)24(22-12)15-5-3-14(21)4-6-15)18(25)23-9-7-20(8-10-23)11-16(20)19(26)27/h3-6,16H,7-11H2,1-2H3,(H,26,27). The lowest BCUT2D eigenvalue weighted by Gasteiger charge is -2.32. The minimum absolute atomic E-state index is 0.0688. The second-order valence-corrected chi connectivity index (χ2v) is 7.68. The molecule has 27 heavy (non-hydrogen) atoms. The number of halogens is 1. The number of benzene rings is 1. The smallest absolute Gasteiger partial charge is 0.307 e. The van der Waals surface area contributed by atoms with Gasteiger partial charge in [-0.25, -0.2) is 9.07 Å². The molecule has 2 aromatic rings. The maximum Gasteiger partial charge on any atom is 0.307 e. The number of aromatic nitrogens is 2. The fourth-order valence-electron chi connectivity index (χ4n) is 4.35. The van der Waals surface area contributed by atoms with E-state index in [1.54, 1.807) is 28.6 Å². The van der Waals surface area contributed by atoms with Gasteiger partial charge in [-0.05, 0) is 62.8 Å². The molecule has 1 unspecified atom stereocenters. The lowest BCUT2D eigenvalue weighted by Crippen LogP contribution is -2.40. The second kappa shape index (κ2) is 6.18. The lowest BCUT2D eigenvalue weighted by atomic mass is 9.90. The van der Waals surface area contributed by atoms with Gasteiger partial charge in [0.2, 0.25) is 0 Å². The first kappa shape index (κ1) is 17.7. The number of carbonyl (C=O) groups is 2. The molecule has 2 heterocycles. The fourth-order valence-corrected chi connectivity index (χ4v) is 4.35. The molecule has 1 aromatic carbocycles. The Morgan fingerprint density at radius 2 is 1.81 bits per heavy atom. The molecule has 1 saturated heterocycles. The minimum atomic E-state index is -0.720.